The molecule has 0 heterocycles. The van der Waals surface area contributed by atoms with E-state index in [0.717, 1.165) is 3.57 Å². The largest absolute Gasteiger partial charge is 0.488 e. The van der Waals surface area contributed by atoms with E-state index in [1.807, 2.05) is 22.6 Å². The van der Waals surface area contributed by atoms with E-state index in [4.69, 9.17) is 9.84 Å². The summed E-state index contributed by atoms with van der Waals surface area (Å²) in [4.78, 5) is 21.4. The molecule has 7 heteroatoms. The zero-order valence-electron chi connectivity index (χ0n) is 10.7. The van der Waals surface area contributed by atoms with Crippen LogP contribution in [0, 0.1) is 13.7 Å². The van der Waals surface area contributed by atoms with E-state index in [9.17, 15) is 14.9 Å². The molecule has 0 saturated heterocycles. The van der Waals surface area contributed by atoms with Gasteiger partial charge in [-0.1, -0.05) is 12.1 Å². The monoisotopic (exact) mass is 399 g/mol. The number of benzene rings is 2. The summed E-state index contributed by atoms with van der Waals surface area (Å²) in [5, 5.41) is 19.9. The molecule has 2 aromatic rings. The number of hydrogen-bond donors (Lipinski definition) is 1. The van der Waals surface area contributed by atoms with Gasteiger partial charge in [-0.05, 0) is 46.9 Å². The highest BCUT2D eigenvalue weighted by atomic mass is 127. The van der Waals surface area contributed by atoms with Crippen LogP contribution in [0.4, 0.5) is 5.69 Å². The van der Waals surface area contributed by atoms with Gasteiger partial charge in [0.2, 0.25) is 0 Å². The molecule has 1 N–H and O–H groups in total. The number of nitro groups is 1. The molecule has 0 radical (unpaired) electrons. The number of rotatable bonds is 5. The van der Waals surface area contributed by atoms with Crippen LogP contribution in [-0.2, 0) is 6.61 Å². The second-order valence-corrected chi connectivity index (χ2v) is 5.29. The highest BCUT2D eigenvalue weighted by molar-refractivity contribution is 14.1. The molecule has 0 amide bonds. The molecular formula is C14H10INO5. The zero-order valence-corrected chi connectivity index (χ0v) is 12.8. The van der Waals surface area contributed by atoms with E-state index in [1.165, 1.54) is 18.2 Å². The SMILES string of the molecule is O=C(O)c1ccc(I)c(OCc2ccccc2[N+](=O)[O-])c1. The number of aromatic carboxylic acids is 1. The molecule has 0 aromatic heterocycles. The number of hydrogen-bond acceptors (Lipinski definition) is 4. The zero-order chi connectivity index (χ0) is 15.4. The number of para-hydroxylation sites is 1. The minimum Gasteiger partial charge on any atom is -0.488 e. The molecule has 2 aromatic carbocycles. The van der Waals surface area contributed by atoms with Crippen LogP contribution in [0.1, 0.15) is 15.9 Å². The molecule has 21 heavy (non-hydrogen) atoms. The molecule has 0 fully saturated rings. The molecule has 0 spiro atoms. The maximum atomic E-state index is 10.9. The van der Waals surface area contributed by atoms with Crippen molar-refractivity contribution in [3.05, 3.63) is 67.3 Å². The Bertz CT molecular complexity index is 702. The molecule has 0 saturated carbocycles. The van der Waals surface area contributed by atoms with Gasteiger partial charge in [-0.2, -0.15) is 0 Å². The second kappa shape index (κ2) is 6.53. The Morgan fingerprint density at radius 1 is 1.29 bits per heavy atom. The molecule has 0 atom stereocenters. The van der Waals surface area contributed by atoms with Gasteiger partial charge in [0.05, 0.1) is 19.6 Å². The van der Waals surface area contributed by atoms with E-state index in [0.29, 0.717) is 11.3 Å². The number of nitrogens with zero attached hydrogens (tertiary/aromatic N) is 1. The summed E-state index contributed by atoms with van der Waals surface area (Å²) < 4.78 is 6.26. The van der Waals surface area contributed by atoms with Crippen molar-refractivity contribution in [3.63, 3.8) is 0 Å². The lowest BCUT2D eigenvalue weighted by molar-refractivity contribution is -0.385. The molecule has 2 rings (SSSR count). The summed E-state index contributed by atoms with van der Waals surface area (Å²) in [7, 11) is 0. The van der Waals surface area contributed by atoms with Crippen LogP contribution < -0.4 is 4.74 Å². The summed E-state index contributed by atoms with van der Waals surface area (Å²) in [6.07, 6.45) is 0. The van der Waals surface area contributed by atoms with Crippen LogP contribution in [0.15, 0.2) is 42.5 Å². The lowest BCUT2D eigenvalue weighted by Gasteiger charge is -2.09. The number of carbonyl (C=O) groups is 1. The van der Waals surface area contributed by atoms with E-state index in [-0.39, 0.29) is 17.9 Å². The topological polar surface area (TPSA) is 89.7 Å². The van der Waals surface area contributed by atoms with Crippen LogP contribution in [-0.4, -0.2) is 16.0 Å². The average Bonchev–Trinajstić information content (AvgIpc) is 2.46. The minimum atomic E-state index is -1.05. The Labute approximate surface area is 133 Å². The third-order valence-corrected chi connectivity index (χ3v) is 3.64. The van der Waals surface area contributed by atoms with Crippen molar-refractivity contribution in [1.29, 1.82) is 0 Å². The molecule has 0 unspecified atom stereocenters. The first-order chi connectivity index (χ1) is 9.99. The highest BCUT2D eigenvalue weighted by Crippen LogP contribution is 2.25. The highest BCUT2D eigenvalue weighted by Gasteiger charge is 2.14. The van der Waals surface area contributed by atoms with Gasteiger partial charge in [-0.25, -0.2) is 4.79 Å². The van der Waals surface area contributed by atoms with Crippen LogP contribution in [0.2, 0.25) is 0 Å². The maximum absolute atomic E-state index is 10.9. The number of carboxylic acids is 1. The lowest BCUT2D eigenvalue weighted by Crippen LogP contribution is -2.03. The summed E-state index contributed by atoms with van der Waals surface area (Å²) in [5.74, 6) is -0.671. The fourth-order valence-electron chi connectivity index (χ4n) is 1.71. The van der Waals surface area contributed by atoms with Crippen molar-refractivity contribution in [1.82, 2.24) is 0 Å². The third-order valence-electron chi connectivity index (χ3n) is 2.75. The van der Waals surface area contributed by atoms with Crippen LogP contribution >= 0.6 is 22.6 Å². The summed E-state index contributed by atoms with van der Waals surface area (Å²) in [6, 6.07) is 10.8. The van der Waals surface area contributed by atoms with Crippen molar-refractivity contribution in [2.75, 3.05) is 0 Å². The maximum Gasteiger partial charge on any atom is 0.335 e. The number of nitro benzene ring substituents is 1. The van der Waals surface area contributed by atoms with E-state index in [2.05, 4.69) is 0 Å². The Hall–Kier alpha value is -2.16. The van der Waals surface area contributed by atoms with Gasteiger partial charge in [-0.3, -0.25) is 10.1 Å². The summed E-state index contributed by atoms with van der Waals surface area (Å²) in [6.45, 7) is -0.00374. The first kappa shape index (κ1) is 15.2. The molecule has 108 valence electrons. The number of carboxylic acid groups (broad SMARTS) is 1. The van der Waals surface area contributed by atoms with E-state index < -0.39 is 10.9 Å². The first-order valence-electron chi connectivity index (χ1n) is 5.87. The van der Waals surface area contributed by atoms with Crippen LogP contribution in [0.3, 0.4) is 0 Å². The summed E-state index contributed by atoms with van der Waals surface area (Å²) in [5.41, 5.74) is 0.508. The molecular weight excluding hydrogens is 389 g/mol. The van der Waals surface area contributed by atoms with Crippen molar-refractivity contribution in [2.45, 2.75) is 6.61 Å². The van der Waals surface area contributed by atoms with Gasteiger partial charge < -0.3 is 9.84 Å². The summed E-state index contributed by atoms with van der Waals surface area (Å²) >= 11 is 2.01. The predicted octanol–water partition coefficient (Wildman–Crippen LogP) is 3.48. The standard InChI is InChI=1S/C14H10INO5/c15-11-6-5-9(14(17)18)7-13(11)21-8-10-3-1-2-4-12(10)16(19)20/h1-7H,8H2,(H,17,18). The first-order valence-corrected chi connectivity index (χ1v) is 6.95. The average molecular weight is 399 g/mol. The number of ether oxygens (including phenoxy) is 1. The molecule has 6 nitrogen and oxygen atoms in total. The van der Waals surface area contributed by atoms with Gasteiger partial charge in [0.25, 0.3) is 5.69 Å². The van der Waals surface area contributed by atoms with Crippen LogP contribution in [0.25, 0.3) is 0 Å². The van der Waals surface area contributed by atoms with Gasteiger partial charge in [-0.15, -0.1) is 0 Å². The third kappa shape index (κ3) is 3.69. The smallest absolute Gasteiger partial charge is 0.335 e. The van der Waals surface area contributed by atoms with Gasteiger partial charge in [0.1, 0.15) is 12.4 Å². The Balaban J connectivity index is 2.22. The molecule has 0 aliphatic carbocycles. The van der Waals surface area contributed by atoms with Crippen LogP contribution in [0.5, 0.6) is 5.75 Å². The molecule has 0 aliphatic rings. The lowest BCUT2D eigenvalue weighted by atomic mass is 10.2. The van der Waals surface area contributed by atoms with Gasteiger partial charge >= 0.3 is 5.97 Å². The van der Waals surface area contributed by atoms with E-state index >= 15 is 0 Å². The van der Waals surface area contributed by atoms with Crippen molar-refractivity contribution < 1.29 is 19.6 Å². The Kier molecular flexibility index (Phi) is 4.73. The Morgan fingerprint density at radius 3 is 2.67 bits per heavy atom. The fourth-order valence-corrected chi connectivity index (χ4v) is 2.20. The van der Waals surface area contributed by atoms with Gasteiger partial charge in [0, 0.05) is 6.07 Å². The van der Waals surface area contributed by atoms with Gasteiger partial charge in [0.15, 0.2) is 0 Å². The van der Waals surface area contributed by atoms with Crippen molar-refractivity contribution in [3.8, 4) is 5.75 Å². The van der Waals surface area contributed by atoms with Crippen molar-refractivity contribution in [2.24, 2.45) is 0 Å². The number of halogens is 1. The fraction of sp³-hybridized carbons (Fsp3) is 0.0714. The minimum absolute atomic E-state index is 0.00374. The van der Waals surface area contributed by atoms with Crippen molar-refractivity contribution >= 4 is 34.2 Å². The quantitative estimate of drug-likeness (QED) is 0.473. The molecule has 0 bridgehead atoms. The van der Waals surface area contributed by atoms with E-state index in [1.54, 1.807) is 24.3 Å². The normalized spacial score (nSPS) is 10.1. The Morgan fingerprint density at radius 2 is 2.00 bits per heavy atom. The molecule has 0 aliphatic heterocycles. The second-order valence-electron chi connectivity index (χ2n) is 4.12. The predicted molar refractivity (Wildman–Crippen MR) is 83.5 cm³/mol.